The molecule has 105 valence electrons. The fourth-order valence-corrected chi connectivity index (χ4v) is 2.02. The Kier molecular flexibility index (Phi) is 6.88. The van der Waals surface area contributed by atoms with Gasteiger partial charge in [-0.1, -0.05) is 23.8 Å². The van der Waals surface area contributed by atoms with Crippen LogP contribution in [0, 0.1) is 24.2 Å². The average Bonchev–Trinajstić information content (AvgIpc) is 2.45. The molecule has 1 aromatic carbocycles. The van der Waals surface area contributed by atoms with E-state index in [0.29, 0.717) is 23.6 Å². The molecule has 0 aromatic heterocycles. The molecule has 0 unspecified atom stereocenters. The molecule has 4 heteroatoms. The summed E-state index contributed by atoms with van der Waals surface area (Å²) in [5, 5.41) is 0. The topological polar surface area (TPSA) is 12.5 Å². The fraction of sp³-hybridized carbons (Fsp3) is 0.176. The van der Waals surface area contributed by atoms with Crippen molar-refractivity contribution in [2.75, 3.05) is 13.2 Å². The van der Waals surface area contributed by atoms with E-state index in [2.05, 4.69) is 18.6 Å². The zero-order valence-electron chi connectivity index (χ0n) is 11.9. The van der Waals surface area contributed by atoms with Crippen molar-refractivity contribution in [3.05, 3.63) is 60.1 Å². The average molecular weight is 357 g/mol. The maximum Gasteiger partial charge on any atom is 0.148 e. The zero-order chi connectivity index (χ0) is 14.5. The number of rotatable bonds is 4. The summed E-state index contributed by atoms with van der Waals surface area (Å²) in [5.41, 5.74) is 1.94. The third kappa shape index (κ3) is 4.06. The van der Waals surface area contributed by atoms with E-state index in [-0.39, 0.29) is 45.1 Å². The monoisotopic (exact) mass is 357 g/mol. The van der Waals surface area contributed by atoms with Crippen molar-refractivity contribution >= 4 is 5.70 Å². The number of nitrogens with zero attached hydrogens (tertiary/aromatic N) is 1. The summed E-state index contributed by atoms with van der Waals surface area (Å²) in [4.78, 5) is 1.90. The first-order chi connectivity index (χ1) is 9.67. The number of terminal acetylenes is 1. The zero-order valence-corrected chi connectivity index (χ0v) is 14.7. The summed E-state index contributed by atoms with van der Waals surface area (Å²) in [7, 11) is 0. The van der Waals surface area contributed by atoms with Crippen LogP contribution in [0.1, 0.15) is 12.5 Å². The second-order valence-electron chi connectivity index (χ2n) is 4.20. The van der Waals surface area contributed by atoms with E-state index < -0.39 is 0 Å². The molecule has 0 saturated carbocycles. The van der Waals surface area contributed by atoms with Crippen molar-refractivity contribution in [2.24, 2.45) is 0 Å². The number of likely N-dealkylation sites (N-methyl/N-ethyl adjacent to an activating group) is 1. The largest absolute Gasteiger partial charge is 0.481 e. The molecule has 0 N–H and O–H groups in total. The third-order valence-corrected chi connectivity index (χ3v) is 2.95. The molecule has 1 aliphatic rings. The van der Waals surface area contributed by atoms with Crippen LogP contribution in [0.4, 0.5) is 4.39 Å². The third-order valence-electron chi connectivity index (χ3n) is 2.95. The Morgan fingerprint density at radius 2 is 2.24 bits per heavy atom. The molecule has 0 spiro atoms. The van der Waals surface area contributed by atoms with E-state index in [4.69, 9.17) is 11.2 Å². The number of allylic oxidation sites excluding steroid dienone is 3. The summed E-state index contributed by atoms with van der Waals surface area (Å²) in [5.74, 6) is 2.39. The van der Waals surface area contributed by atoms with Gasteiger partial charge in [0.2, 0.25) is 0 Å². The number of ether oxygens (including phenoxy) is 1. The molecular weight excluding hydrogens is 342 g/mol. The maximum absolute atomic E-state index is 14.2. The van der Waals surface area contributed by atoms with E-state index in [1.807, 2.05) is 17.9 Å². The van der Waals surface area contributed by atoms with Crippen LogP contribution in [0.25, 0.3) is 5.70 Å². The van der Waals surface area contributed by atoms with E-state index in [0.717, 1.165) is 5.70 Å². The standard InChI is InChI=1S/C17H15FNO.Y/c1-4-11-20-14-9-10-15(16(18)12-14)17-8-6-7-13(3)19(17)5-2;/h1,6-7,9-10,12H,3,5,11H2,2H3;/q-1;. The molecule has 0 aliphatic carbocycles. The summed E-state index contributed by atoms with van der Waals surface area (Å²) >= 11 is 0. The summed E-state index contributed by atoms with van der Waals surface area (Å²) in [6.45, 7) is 6.73. The van der Waals surface area contributed by atoms with Crippen molar-refractivity contribution < 1.29 is 41.8 Å². The Bertz CT molecular complexity index is 628. The van der Waals surface area contributed by atoms with Crippen LogP contribution < -0.4 is 4.74 Å². The van der Waals surface area contributed by atoms with Gasteiger partial charge in [-0.05, 0) is 18.7 Å². The molecule has 0 amide bonds. The van der Waals surface area contributed by atoms with E-state index in [9.17, 15) is 4.39 Å². The van der Waals surface area contributed by atoms with Gasteiger partial charge in [0.15, 0.2) is 0 Å². The number of hydrogen-bond donors (Lipinski definition) is 0. The number of hydrogen-bond acceptors (Lipinski definition) is 2. The Morgan fingerprint density at radius 3 is 2.86 bits per heavy atom. The summed E-state index contributed by atoms with van der Waals surface area (Å²) in [6.07, 6.45) is 11.7. The first-order valence-corrected chi connectivity index (χ1v) is 6.30. The van der Waals surface area contributed by atoms with Gasteiger partial charge in [0, 0.05) is 45.3 Å². The van der Waals surface area contributed by atoms with Crippen LogP contribution in [0.15, 0.2) is 42.6 Å². The molecule has 1 radical (unpaired) electrons. The SMILES string of the molecule is C#CCOc1ccc(C2=[C-]C=CC(=C)N2CC)c(F)c1.[Y]. The van der Waals surface area contributed by atoms with Crippen LogP contribution >= 0.6 is 0 Å². The van der Waals surface area contributed by atoms with Crippen LogP contribution in [-0.2, 0) is 32.7 Å². The first-order valence-electron chi connectivity index (χ1n) is 6.30. The van der Waals surface area contributed by atoms with Crippen LogP contribution in [-0.4, -0.2) is 18.1 Å². The minimum absolute atomic E-state index is 0. The molecule has 1 aliphatic heterocycles. The van der Waals surface area contributed by atoms with Crippen molar-refractivity contribution in [3.63, 3.8) is 0 Å². The molecule has 21 heavy (non-hydrogen) atoms. The molecule has 0 bridgehead atoms. The fourth-order valence-electron chi connectivity index (χ4n) is 2.02. The van der Waals surface area contributed by atoms with Gasteiger partial charge in [-0.3, -0.25) is 0 Å². The van der Waals surface area contributed by atoms with Gasteiger partial charge in [-0.15, -0.1) is 18.6 Å². The predicted molar refractivity (Wildman–Crippen MR) is 78.0 cm³/mol. The first kappa shape index (κ1) is 17.7. The number of benzene rings is 1. The second kappa shape index (κ2) is 8.17. The van der Waals surface area contributed by atoms with Crippen molar-refractivity contribution in [2.45, 2.75) is 6.92 Å². The minimum Gasteiger partial charge on any atom is -0.481 e. The van der Waals surface area contributed by atoms with Crippen LogP contribution in [0.3, 0.4) is 0 Å². The maximum atomic E-state index is 14.2. The van der Waals surface area contributed by atoms with Crippen molar-refractivity contribution in [1.29, 1.82) is 0 Å². The molecule has 0 saturated heterocycles. The molecule has 2 rings (SSSR count). The Balaban J connectivity index is 0.00000220. The molecular formula is C17H15FNOY-. The van der Waals surface area contributed by atoms with Gasteiger partial charge in [-0.2, -0.15) is 12.2 Å². The van der Waals surface area contributed by atoms with E-state index in [1.54, 1.807) is 18.2 Å². The summed E-state index contributed by atoms with van der Waals surface area (Å²) in [6, 6.07) is 4.69. The minimum atomic E-state index is -0.372. The van der Waals surface area contributed by atoms with Crippen molar-refractivity contribution in [3.8, 4) is 18.1 Å². The quantitative estimate of drug-likeness (QED) is 0.605. The summed E-state index contributed by atoms with van der Waals surface area (Å²) < 4.78 is 19.4. The van der Waals surface area contributed by atoms with E-state index >= 15 is 0 Å². The van der Waals surface area contributed by atoms with Gasteiger partial charge < -0.3 is 9.64 Å². The Morgan fingerprint density at radius 1 is 1.48 bits per heavy atom. The van der Waals surface area contributed by atoms with Gasteiger partial charge in [0.25, 0.3) is 0 Å². The van der Waals surface area contributed by atoms with Crippen molar-refractivity contribution in [1.82, 2.24) is 4.90 Å². The molecule has 2 nitrogen and oxygen atoms in total. The molecule has 0 atom stereocenters. The Labute approximate surface area is 150 Å². The van der Waals surface area contributed by atoms with Gasteiger partial charge in [0.1, 0.15) is 12.4 Å². The number of halogens is 1. The predicted octanol–water partition coefficient (Wildman–Crippen LogP) is 3.38. The smallest absolute Gasteiger partial charge is 0.148 e. The van der Waals surface area contributed by atoms with Gasteiger partial charge in [0.05, 0.1) is 5.82 Å². The van der Waals surface area contributed by atoms with Gasteiger partial charge in [-0.25, -0.2) is 4.39 Å². The van der Waals surface area contributed by atoms with Gasteiger partial charge >= 0.3 is 0 Å². The van der Waals surface area contributed by atoms with Crippen LogP contribution in [0.2, 0.25) is 0 Å². The molecule has 0 fully saturated rings. The molecule has 1 aromatic rings. The second-order valence-corrected chi connectivity index (χ2v) is 4.20. The van der Waals surface area contributed by atoms with Crippen LogP contribution in [0.5, 0.6) is 5.75 Å². The van der Waals surface area contributed by atoms with E-state index in [1.165, 1.54) is 6.07 Å². The normalized spacial score (nSPS) is 13.3. The Hall–Kier alpha value is -1.37. The molecule has 1 heterocycles.